The lowest BCUT2D eigenvalue weighted by Gasteiger charge is -2.33. The van der Waals surface area contributed by atoms with Crippen LogP contribution in [0.15, 0.2) is 47.4 Å². The van der Waals surface area contributed by atoms with Crippen LogP contribution in [0.1, 0.15) is 29.3 Å². The van der Waals surface area contributed by atoms with E-state index in [1.54, 1.807) is 25.1 Å². The van der Waals surface area contributed by atoms with Gasteiger partial charge in [-0.3, -0.25) is 9.52 Å². The van der Waals surface area contributed by atoms with E-state index in [0.29, 0.717) is 17.7 Å². The number of rotatable bonds is 9. The maximum Gasteiger partial charge on any atom is 0.261 e. The van der Waals surface area contributed by atoms with Crippen LogP contribution in [-0.2, 0) is 10.0 Å². The lowest BCUT2D eigenvalue weighted by Crippen LogP contribution is -2.46. The summed E-state index contributed by atoms with van der Waals surface area (Å²) >= 11 is 0. The van der Waals surface area contributed by atoms with Gasteiger partial charge in [0.25, 0.3) is 15.9 Å². The Hall–Kier alpha value is -2.49. The number of nitrogens with zero attached hydrogens (tertiary/aromatic N) is 2. The van der Waals surface area contributed by atoms with Crippen LogP contribution in [0.25, 0.3) is 0 Å². The van der Waals surface area contributed by atoms with Gasteiger partial charge in [-0.25, -0.2) is 12.8 Å². The highest BCUT2D eigenvalue weighted by Gasteiger charge is 2.17. The topological polar surface area (TPSA) is 81.8 Å². The number of hydrogen-bond donors (Lipinski definition) is 2. The molecule has 0 radical (unpaired) electrons. The van der Waals surface area contributed by atoms with Crippen molar-refractivity contribution in [2.75, 3.05) is 50.5 Å². The van der Waals surface area contributed by atoms with Gasteiger partial charge in [0, 0.05) is 44.0 Å². The van der Waals surface area contributed by atoms with E-state index < -0.39 is 15.8 Å². The molecule has 2 N–H and O–H groups in total. The molecule has 0 atom stereocenters. The Morgan fingerprint density at radius 2 is 1.78 bits per heavy atom. The molecule has 1 aliphatic rings. The lowest BCUT2D eigenvalue weighted by atomic mass is 10.2. The zero-order valence-corrected chi connectivity index (χ0v) is 19.4. The van der Waals surface area contributed by atoms with E-state index in [-0.39, 0.29) is 16.5 Å². The van der Waals surface area contributed by atoms with E-state index in [1.807, 2.05) is 0 Å². The third-order valence-electron chi connectivity index (χ3n) is 5.68. The summed E-state index contributed by atoms with van der Waals surface area (Å²) in [5, 5.41) is 2.89. The van der Waals surface area contributed by atoms with Gasteiger partial charge < -0.3 is 15.1 Å². The van der Waals surface area contributed by atoms with Crippen LogP contribution in [-0.4, -0.2) is 69.9 Å². The molecule has 32 heavy (non-hydrogen) atoms. The number of carbonyl (C=O) groups is 1. The molecule has 0 saturated carbocycles. The lowest BCUT2D eigenvalue weighted by molar-refractivity contribution is 0.0948. The smallest absolute Gasteiger partial charge is 0.261 e. The minimum Gasteiger partial charge on any atom is -0.352 e. The van der Waals surface area contributed by atoms with E-state index >= 15 is 0 Å². The summed E-state index contributed by atoms with van der Waals surface area (Å²) in [6.45, 7) is 10.6. The first kappa shape index (κ1) is 24.2. The monoisotopic (exact) mass is 462 g/mol. The molecule has 0 aliphatic carbocycles. The number of anilines is 1. The molecule has 174 valence electrons. The second-order valence-corrected chi connectivity index (χ2v) is 9.67. The summed E-state index contributed by atoms with van der Waals surface area (Å²) < 4.78 is 41.3. The van der Waals surface area contributed by atoms with Crippen LogP contribution in [0, 0.1) is 12.7 Å². The summed E-state index contributed by atoms with van der Waals surface area (Å²) in [6, 6.07) is 10.0. The standard InChI is InChI=1S/C23H31FN4O3S/c1-3-27-12-14-28(15-13-27)11-5-10-25-23(29)19-6-4-7-20(16-19)26-32(30,31)21-9-8-18(2)22(24)17-21/h4,6-9,16-17,26H,3,5,10-15H2,1-2H3,(H,25,29). The fraction of sp³-hybridized carbons (Fsp3) is 0.435. The molecule has 1 aliphatic heterocycles. The highest BCUT2D eigenvalue weighted by atomic mass is 32.2. The minimum atomic E-state index is -3.97. The van der Waals surface area contributed by atoms with Crippen LogP contribution >= 0.6 is 0 Å². The minimum absolute atomic E-state index is 0.171. The summed E-state index contributed by atoms with van der Waals surface area (Å²) in [5.74, 6) is -0.850. The first-order valence-electron chi connectivity index (χ1n) is 10.9. The number of piperazine rings is 1. The van der Waals surface area contributed by atoms with Crippen molar-refractivity contribution in [3.63, 3.8) is 0 Å². The maximum atomic E-state index is 13.8. The third kappa shape index (κ3) is 6.51. The van der Waals surface area contributed by atoms with E-state index in [1.165, 1.54) is 18.2 Å². The Kier molecular flexibility index (Phi) is 8.22. The third-order valence-corrected chi connectivity index (χ3v) is 7.06. The van der Waals surface area contributed by atoms with Gasteiger partial charge in [0.1, 0.15) is 5.82 Å². The Labute approximate surface area is 189 Å². The number of aryl methyl sites for hydroxylation is 1. The molecule has 2 aromatic carbocycles. The summed E-state index contributed by atoms with van der Waals surface area (Å²) in [4.78, 5) is 17.1. The van der Waals surface area contributed by atoms with Crippen LogP contribution < -0.4 is 10.0 Å². The van der Waals surface area contributed by atoms with Crippen molar-refractivity contribution >= 4 is 21.6 Å². The normalized spacial score (nSPS) is 15.5. The summed E-state index contributed by atoms with van der Waals surface area (Å²) in [5.41, 5.74) is 0.968. The van der Waals surface area contributed by atoms with Gasteiger partial charge in [0.2, 0.25) is 0 Å². The van der Waals surface area contributed by atoms with Gasteiger partial charge in [-0.2, -0.15) is 0 Å². The molecule has 0 unspecified atom stereocenters. The number of sulfonamides is 1. The molecular weight excluding hydrogens is 431 g/mol. The predicted octanol–water partition coefficient (Wildman–Crippen LogP) is 2.69. The first-order chi connectivity index (χ1) is 15.3. The second kappa shape index (κ2) is 10.9. The van der Waals surface area contributed by atoms with Crippen molar-refractivity contribution in [3.05, 3.63) is 59.4 Å². The molecule has 0 bridgehead atoms. The number of hydrogen-bond acceptors (Lipinski definition) is 5. The molecule has 1 amide bonds. The van der Waals surface area contributed by atoms with Gasteiger partial charge in [-0.05, 0) is 62.3 Å². The number of carbonyl (C=O) groups excluding carboxylic acids is 1. The quantitative estimate of drug-likeness (QED) is 0.560. The molecule has 3 rings (SSSR count). The second-order valence-electron chi connectivity index (χ2n) is 7.98. The average molecular weight is 463 g/mol. The van der Waals surface area contributed by atoms with Gasteiger partial charge in [-0.15, -0.1) is 0 Å². The number of halogens is 1. The van der Waals surface area contributed by atoms with E-state index in [4.69, 9.17) is 0 Å². The largest absolute Gasteiger partial charge is 0.352 e. The molecule has 1 fully saturated rings. The van der Waals surface area contributed by atoms with Crippen LogP contribution in [0.3, 0.4) is 0 Å². The summed E-state index contributed by atoms with van der Waals surface area (Å²) in [7, 11) is -3.97. The summed E-state index contributed by atoms with van der Waals surface area (Å²) in [6.07, 6.45) is 0.850. The van der Waals surface area contributed by atoms with Crippen molar-refractivity contribution in [1.29, 1.82) is 0 Å². The van der Waals surface area contributed by atoms with Crippen molar-refractivity contribution in [3.8, 4) is 0 Å². The number of nitrogens with one attached hydrogen (secondary N) is 2. The van der Waals surface area contributed by atoms with Crippen molar-refractivity contribution in [1.82, 2.24) is 15.1 Å². The molecule has 1 heterocycles. The molecule has 0 spiro atoms. The molecule has 7 nitrogen and oxygen atoms in total. The van der Waals surface area contributed by atoms with Crippen molar-refractivity contribution < 1.29 is 17.6 Å². The molecule has 1 saturated heterocycles. The average Bonchev–Trinajstić information content (AvgIpc) is 2.78. The molecule has 0 aromatic heterocycles. The highest BCUT2D eigenvalue weighted by molar-refractivity contribution is 7.92. The van der Waals surface area contributed by atoms with Crippen molar-refractivity contribution in [2.45, 2.75) is 25.2 Å². The van der Waals surface area contributed by atoms with Crippen LogP contribution in [0.4, 0.5) is 10.1 Å². The first-order valence-corrected chi connectivity index (χ1v) is 12.4. The fourth-order valence-electron chi connectivity index (χ4n) is 3.61. The molecule has 9 heteroatoms. The molecular formula is C23H31FN4O3S. The Morgan fingerprint density at radius 1 is 1.06 bits per heavy atom. The fourth-order valence-corrected chi connectivity index (χ4v) is 4.68. The van der Waals surface area contributed by atoms with E-state index in [2.05, 4.69) is 26.8 Å². The Balaban J connectivity index is 1.51. The van der Waals surface area contributed by atoms with Gasteiger partial charge in [0.05, 0.1) is 4.90 Å². The van der Waals surface area contributed by atoms with Crippen LogP contribution in [0.5, 0.6) is 0 Å². The number of likely N-dealkylation sites (N-methyl/N-ethyl adjacent to an activating group) is 1. The Bertz CT molecular complexity index is 1040. The number of benzene rings is 2. The highest BCUT2D eigenvalue weighted by Crippen LogP contribution is 2.19. The number of amides is 1. The Morgan fingerprint density at radius 3 is 2.47 bits per heavy atom. The van der Waals surface area contributed by atoms with Crippen LogP contribution in [0.2, 0.25) is 0 Å². The van der Waals surface area contributed by atoms with Gasteiger partial charge in [-0.1, -0.05) is 19.1 Å². The van der Waals surface area contributed by atoms with Gasteiger partial charge in [0.15, 0.2) is 0 Å². The van der Waals surface area contributed by atoms with Crippen molar-refractivity contribution in [2.24, 2.45) is 0 Å². The SMILES string of the molecule is CCN1CCN(CCCNC(=O)c2cccc(NS(=O)(=O)c3ccc(C)c(F)c3)c2)CC1. The zero-order valence-electron chi connectivity index (χ0n) is 18.6. The van der Waals surface area contributed by atoms with E-state index in [9.17, 15) is 17.6 Å². The predicted molar refractivity (Wildman–Crippen MR) is 124 cm³/mol. The van der Waals surface area contributed by atoms with Gasteiger partial charge >= 0.3 is 0 Å². The zero-order chi connectivity index (χ0) is 23.1. The maximum absolute atomic E-state index is 13.8. The molecule has 2 aromatic rings. The van der Waals surface area contributed by atoms with E-state index in [0.717, 1.165) is 51.8 Å².